The van der Waals surface area contributed by atoms with Gasteiger partial charge in [0, 0.05) is 36.6 Å². The second-order valence-corrected chi connectivity index (χ2v) is 10.3. The van der Waals surface area contributed by atoms with Gasteiger partial charge in [0.25, 0.3) is 5.91 Å². The third-order valence-electron chi connectivity index (χ3n) is 6.88. The maximum Gasteiger partial charge on any atom is 0.332 e. The van der Waals surface area contributed by atoms with Crippen LogP contribution in [0.1, 0.15) is 22.5 Å². The molecule has 0 radical (unpaired) electrons. The lowest BCUT2D eigenvalue weighted by Crippen LogP contribution is -2.47. The molecule has 2 N–H and O–H groups in total. The van der Waals surface area contributed by atoms with E-state index in [0.29, 0.717) is 33.4 Å². The third kappa shape index (κ3) is 4.20. The Morgan fingerprint density at radius 3 is 2.82 bits per heavy atom. The normalized spacial score (nSPS) is 16.7. The molecular formula is C29H26N6O2S. The van der Waals surface area contributed by atoms with Gasteiger partial charge in [-0.2, -0.15) is 0 Å². The van der Waals surface area contributed by atoms with E-state index in [-0.39, 0.29) is 18.0 Å². The van der Waals surface area contributed by atoms with Gasteiger partial charge in [-0.05, 0) is 37.1 Å². The average molecular weight is 523 g/mol. The fourth-order valence-corrected chi connectivity index (χ4v) is 6.05. The number of piperidine rings is 1. The van der Waals surface area contributed by atoms with Crippen molar-refractivity contribution in [1.29, 1.82) is 0 Å². The summed E-state index contributed by atoms with van der Waals surface area (Å²) in [5.74, 6) is 0.270. The monoisotopic (exact) mass is 522 g/mol. The largest absolute Gasteiger partial charge is 0.370 e. The van der Waals surface area contributed by atoms with Crippen LogP contribution >= 0.6 is 11.3 Å². The van der Waals surface area contributed by atoms with E-state index in [2.05, 4.69) is 33.7 Å². The lowest BCUT2D eigenvalue weighted by Gasteiger charge is -2.35. The summed E-state index contributed by atoms with van der Waals surface area (Å²) in [7, 11) is 0. The maximum absolute atomic E-state index is 13.5. The predicted molar refractivity (Wildman–Crippen MR) is 152 cm³/mol. The number of nitrogens with one attached hydrogen (secondary N) is 2. The zero-order chi connectivity index (χ0) is 26.2. The number of pyridine rings is 2. The molecule has 0 bridgehead atoms. The summed E-state index contributed by atoms with van der Waals surface area (Å²) in [6.07, 6.45) is 5.22. The lowest BCUT2D eigenvalue weighted by atomic mass is 10.0. The van der Waals surface area contributed by atoms with Crippen molar-refractivity contribution in [2.24, 2.45) is 0 Å². The van der Waals surface area contributed by atoms with Crippen molar-refractivity contribution in [3.63, 3.8) is 0 Å². The number of anilines is 3. The van der Waals surface area contributed by atoms with Crippen LogP contribution in [-0.4, -0.2) is 45.9 Å². The van der Waals surface area contributed by atoms with Crippen molar-refractivity contribution >= 4 is 50.7 Å². The third-order valence-corrected chi connectivity index (χ3v) is 7.98. The molecule has 6 rings (SSSR count). The Bertz CT molecular complexity index is 1580. The number of thiophene rings is 1. The highest BCUT2D eigenvalue weighted by atomic mass is 32.1. The van der Waals surface area contributed by atoms with E-state index in [1.165, 1.54) is 16.2 Å². The van der Waals surface area contributed by atoms with E-state index in [1.807, 2.05) is 42.5 Å². The van der Waals surface area contributed by atoms with Crippen LogP contribution in [0.4, 0.5) is 22.0 Å². The maximum atomic E-state index is 13.5. The summed E-state index contributed by atoms with van der Waals surface area (Å²) in [6, 6.07) is 16.8. The van der Waals surface area contributed by atoms with E-state index >= 15 is 0 Å². The smallest absolute Gasteiger partial charge is 0.332 e. The number of carbonyl (C=O) groups excluding carboxylic acids is 2. The number of hydrogen-bond acceptors (Lipinski definition) is 6. The zero-order valence-electron chi connectivity index (χ0n) is 20.7. The number of carbonyl (C=O) groups is 2. The molecule has 9 heteroatoms. The van der Waals surface area contributed by atoms with Crippen molar-refractivity contribution in [2.75, 3.05) is 23.3 Å². The Balaban J connectivity index is 1.33. The molecule has 190 valence electrons. The molecule has 2 aliphatic heterocycles. The minimum atomic E-state index is -0.374. The number of amides is 3. The summed E-state index contributed by atoms with van der Waals surface area (Å²) in [6.45, 7) is 9.40. The van der Waals surface area contributed by atoms with Gasteiger partial charge in [-0.25, -0.2) is 19.7 Å². The van der Waals surface area contributed by atoms with Gasteiger partial charge in [0.15, 0.2) is 0 Å². The summed E-state index contributed by atoms with van der Waals surface area (Å²) in [4.78, 5) is 41.0. The molecule has 5 heterocycles. The molecule has 3 aromatic heterocycles. The second-order valence-electron chi connectivity index (χ2n) is 9.28. The van der Waals surface area contributed by atoms with Gasteiger partial charge in [0.1, 0.15) is 15.5 Å². The van der Waals surface area contributed by atoms with Gasteiger partial charge in [-0.3, -0.25) is 4.79 Å². The Morgan fingerprint density at radius 1 is 1.16 bits per heavy atom. The van der Waals surface area contributed by atoms with Crippen LogP contribution in [0.3, 0.4) is 0 Å². The number of aromatic nitrogens is 2. The number of rotatable bonds is 6. The van der Waals surface area contributed by atoms with E-state index < -0.39 is 0 Å². The van der Waals surface area contributed by atoms with Crippen LogP contribution in [-0.2, 0) is 0 Å². The molecule has 1 atom stereocenters. The Morgan fingerprint density at radius 2 is 2.00 bits per heavy atom. The zero-order valence-corrected chi connectivity index (χ0v) is 21.5. The highest BCUT2D eigenvalue weighted by molar-refractivity contribution is 7.21. The van der Waals surface area contributed by atoms with Crippen LogP contribution in [0, 0.1) is 0 Å². The van der Waals surface area contributed by atoms with Crippen molar-refractivity contribution in [3.05, 3.63) is 90.6 Å². The van der Waals surface area contributed by atoms with Crippen molar-refractivity contribution in [2.45, 2.75) is 18.9 Å². The van der Waals surface area contributed by atoms with Crippen LogP contribution < -0.4 is 15.5 Å². The number of hydrogen-bond donors (Lipinski definition) is 2. The molecule has 0 aliphatic carbocycles. The number of benzene rings is 1. The standard InChI is InChI=1S/C29H26N6O2S/c1-3-18(2)34-16-8-11-20(17-34)31-27(36)26-25-24-22(14-15-30-28(24)38-26)35(29(37)33-25)23-13-7-12-21(32-23)19-9-5-4-6-10-19/h3-7,9-10,12-15,20H,1-2,8,11,16-17H2,(H,31,36)(H,33,37)/t20-/m1/s1. The van der Waals surface area contributed by atoms with Crippen LogP contribution in [0.25, 0.3) is 21.5 Å². The minimum Gasteiger partial charge on any atom is -0.370 e. The summed E-state index contributed by atoms with van der Waals surface area (Å²) < 4.78 is 0. The van der Waals surface area contributed by atoms with E-state index in [9.17, 15) is 9.59 Å². The molecule has 0 saturated carbocycles. The van der Waals surface area contributed by atoms with Gasteiger partial charge in [-0.1, -0.05) is 49.6 Å². The van der Waals surface area contributed by atoms with Gasteiger partial charge in [0.05, 0.1) is 22.5 Å². The highest BCUT2D eigenvalue weighted by Crippen LogP contribution is 2.45. The van der Waals surface area contributed by atoms with E-state index in [4.69, 9.17) is 4.98 Å². The summed E-state index contributed by atoms with van der Waals surface area (Å²) >= 11 is 1.28. The molecule has 4 aromatic rings. The molecule has 38 heavy (non-hydrogen) atoms. The number of urea groups is 1. The Kier molecular flexibility index (Phi) is 6.13. The van der Waals surface area contributed by atoms with Crippen LogP contribution in [0.5, 0.6) is 0 Å². The van der Waals surface area contributed by atoms with Gasteiger partial charge >= 0.3 is 6.03 Å². The van der Waals surface area contributed by atoms with E-state index in [0.717, 1.165) is 41.7 Å². The van der Waals surface area contributed by atoms with Crippen molar-refractivity contribution in [1.82, 2.24) is 20.2 Å². The van der Waals surface area contributed by atoms with Crippen molar-refractivity contribution < 1.29 is 9.59 Å². The lowest BCUT2D eigenvalue weighted by molar-refractivity contribution is 0.0920. The quantitative estimate of drug-likeness (QED) is 0.306. The fourth-order valence-electron chi connectivity index (χ4n) is 5.03. The van der Waals surface area contributed by atoms with Gasteiger partial charge < -0.3 is 15.5 Å². The molecule has 0 unspecified atom stereocenters. The van der Waals surface area contributed by atoms with Crippen LogP contribution in [0.15, 0.2) is 85.7 Å². The molecule has 1 saturated heterocycles. The molecular weight excluding hydrogens is 496 g/mol. The second kappa shape index (κ2) is 9.75. The average Bonchev–Trinajstić information content (AvgIpc) is 3.33. The van der Waals surface area contributed by atoms with Crippen molar-refractivity contribution in [3.8, 4) is 11.3 Å². The SMILES string of the molecule is C=CC(=C)N1CCC[C@@H](NC(=O)c2sc3nccc4c3c2NC(=O)N4c2cccc(-c3ccccc3)n2)C1. The van der Waals surface area contributed by atoms with Crippen LogP contribution in [0.2, 0.25) is 0 Å². The summed E-state index contributed by atoms with van der Waals surface area (Å²) in [5.41, 5.74) is 3.71. The topological polar surface area (TPSA) is 90.5 Å². The molecule has 2 aliphatic rings. The Labute approximate surface area is 224 Å². The minimum absolute atomic E-state index is 0.0292. The predicted octanol–water partition coefficient (Wildman–Crippen LogP) is 5.94. The molecule has 1 aromatic carbocycles. The van der Waals surface area contributed by atoms with Gasteiger partial charge in [-0.15, -0.1) is 11.3 Å². The molecule has 8 nitrogen and oxygen atoms in total. The summed E-state index contributed by atoms with van der Waals surface area (Å²) in [5, 5.41) is 6.85. The first kappa shape index (κ1) is 23.9. The number of likely N-dealkylation sites (tertiary alicyclic amines) is 1. The van der Waals surface area contributed by atoms with Gasteiger partial charge in [0.2, 0.25) is 0 Å². The molecule has 0 spiro atoms. The highest BCUT2D eigenvalue weighted by Gasteiger charge is 2.34. The fraction of sp³-hybridized carbons (Fsp3) is 0.172. The Hall–Kier alpha value is -4.50. The molecule has 3 amide bonds. The number of nitrogens with zero attached hydrogens (tertiary/aromatic N) is 4. The first-order valence-corrected chi connectivity index (χ1v) is 13.3. The first-order valence-electron chi connectivity index (χ1n) is 12.5. The molecule has 1 fully saturated rings. The van der Waals surface area contributed by atoms with E-state index in [1.54, 1.807) is 24.4 Å². The number of allylic oxidation sites excluding steroid dienone is 1. The first-order chi connectivity index (χ1) is 18.5.